The van der Waals surface area contributed by atoms with E-state index in [0.717, 1.165) is 11.1 Å². The second-order valence-corrected chi connectivity index (χ2v) is 4.41. The van der Waals surface area contributed by atoms with Crippen LogP contribution in [0, 0.1) is 0 Å². The average molecular weight is 259 g/mol. The van der Waals surface area contributed by atoms with Crippen molar-refractivity contribution < 1.29 is 9.53 Å². The van der Waals surface area contributed by atoms with Crippen molar-refractivity contribution in [2.45, 2.75) is 12.8 Å². The summed E-state index contributed by atoms with van der Waals surface area (Å²) >= 11 is 0. The summed E-state index contributed by atoms with van der Waals surface area (Å²) in [6, 6.07) is 7.26. The van der Waals surface area contributed by atoms with Crippen molar-refractivity contribution in [1.82, 2.24) is 9.78 Å². The Labute approximate surface area is 112 Å². The first-order valence-corrected chi connectivity index (χ1v) is 6.11. The van der Waals surface area contributed by atoms with Gasteiger partial charge in [0.25, 0.3) is 0 Å². The van der Waals surface area contributed by atoms with Gasteiger partial charge in [-0.05, 0) is 23.3 Å². The van der Waals surface area contributed by atoms with E-state index in [2.05, 4.69) is 5.10 Å². The van der Waals surface area contributed by atoms with E-state index in [1.807, 2.05) is 25.4 Å². The summed E-state index contributed by atoms with van der Waals surface area (Å²) in [6.45, 7) is 0.368. The molecule has 0 radical (unpaired) electrons. The number of rotatable bonds is 5. The minimum atomic E-state index is -0.241. The van der Waals surface area contributed by atoms with Crippen LogP contribution in [0.15, 0.2) is 36.7 Å². The highest BCUT2D eigenvalue weighted by Gasteiger charge is 2.05. The van der Waals surface area contributed by atoms with Gasteiger partial charge in [-0.25, -0.2) is 0 Å². The molecule has 0 bridgehead atoms. The number of nitrogen functional groups attached to an aromatic ring is 1. The van der Waals surface area contributed by atoms with Gasteiger partial charge in [0, 0.05) is 25.4 Å². The Morgan fingerprint density at radius 1 is 1.42 bits per heavy atom. The summed E-state index contributed by atoms with van der Waals surface area (Å²) in [4.78, 5) is 11.6. The van der Waals surface area contributed by atoms with Crippen molar-refractivity contribution in [2.24, 2.45) is 7.05 Å². The Morgan fingerprint density at radius 2 is 2.26 bits per heavy atom. The normalized spacial score (nSPS) is 10.4. The van der Waals surface area contributed by atoms with Crippen molar-refractivity contribution in [1.29, 1.82) is 0 Å². The fourth-order valence-electron chi connectivity index (χ4n) is 1.80. The maximum atomic E-state index is 11.6. The Morgan fingerprint density at radius 3 is 2.95 bits per heavy atom. The zero-order valence-electron chi connectivity index (χ0n) is 10.9. The Bertz CT molecular complexity index is 563. The van der Waals surface area contributed by atoms with Crippen LogP contribution in [0.3, 0.4) is 0 Å². The third-order valence-electron chi connectivity index (χ3n) is 2.71. The predicted molar refractivity (Wildman–Crippen MR) is 72.4 cm³/mol. The van der Waals surface area contributed by atoms with Gasteiger partial charge in [0.05, 0.1) is 19.2 Å². The molecule has 0 amide bonds. The topological polar surface area (TPSA) is 70.1 Å². The smallest absolute Gasteiger partial charge is 0.310 e. The van der Waals surface area contributed by atoms with Crippen molar-refractivity contribution >= 4 is 11.7 Å². The van der Waals surface area contributed by atoms with E-state index in [4.69, 9.17) is 10.5 Å². The first-order chi connectivity index (χ1) is 9.13. The third-order valence-corrected chi connectivity index (χ3v) is 2.71. The van der Waals surface area contributed by atoms with Gasteiger partial charge in [0.1, 0.15) is 0 Å². The van der Waals surface area contributed by atoms with Crippen LogP contribution in [-0.2, 0) is 29.4 Å². The molecule has 0 atom stereocenters. The number of hydrogen-bond acceptors (Lipinski definition) is 4. The second kappa shape index (κ2) is 6.04. The summed E-state index contributed by atoms with van der Waals surface area (Å²) in [5.41, 5.74) is 8.23. The van der Waals surface area contributed by atoms with Crippen LogP contribution < -0.4 is 5.73 Å². The van der Waals surface area contributed by atoms with Crippen LogP contribution in [0.2, 0.25) is 0 Å². The molecule has 0 aliphatic rings. The molecule has 0 saturated carbocycles. The monoisotopic (exact) mass is 259 g/mol. The lowest BCUT2D eigenvalue weighted by atomic mass is 10.1. The molecular weight excluding hydrogens is 242 g/mol. The number of benzene rings is 1. The summed E-state index contributed by atoms with van der Waals surface area (Å²) in [6.07, 6.45) is 4.60. The summed E-state index contributed by atoms with van der Waals surface area (Å²) in [5.74, 6) is -0.241. The van der Waals surface area contributed by atoms with Crippen molar-refractivity contribution in [3.8, 4) is 0 Å². The molecule has 0 fully saturated rings. The van der Waals surface area contributed by atoms with E-state index in [-0.39, 0.29) is 12.4 Å². The predicted octanol–water partition coefficient (Wildman–Crippen LogP) is 1.33. The van der Waals surface area contributed by atoms with Crippen LogP contribution >= 0.6 is 0 Å². The highest BCUT2D eigenvalue weighted by molar-refractivity contribution is 5.73. The van der Waals surface area contributed by atoms with Gasteiger partial charge < -0.3 is 10.5 Å². The largest absolute Gasteiger partial charge is 0.465 e. The zero-order chi connectivity index (χ0) is 13.7. The molecule has 0 aliphatic heterocycles. The minimum Gasteiger partial charge on any atom is -0.465 e. The first kappa shape index (κ1) is 13.1. The molecule has 2 rings (SSSR count). The van der Waals surface area contributed by atoms with Crippen LogP contribution in [0.1, 0.15) is 11.1 Å². The van der Waals surface area contributed by atoms with Gasteiger partial charge in [-0.3, -0.25) is 9.48 Å². The second-order valence-electron chi connectivity index (χ2n) is 4.41. The molecule has 5 heteroatoms. The van der Waals surface area contributed by atoms with Crippen LogP contribution in [0.4, 0.5) is 5.69 Å². The van der Waals surface area contributed by atoms with Crippen LogP contribution in [0.25, 0.3) is 0 Å². The number of carbonyl (C=O) groups is 1. The molecule has 5 nitrogen and oxygen atoms in total. The van der Waals surface area contributed by atoms with Crippen LogP contribution in [0.5, 0.6) is 0 Å². The molecule has 2 aromatic rings. The van der Waals surface area contributed by atoms with Crippen molar-refractivity contribution in [3.63, 3.8) is 0 Å². The van der Waals surface area contributed by atoms with E-state index in [1.165, 1.54) is 0 Å². The highest BCUT2D eigenvalue weighted by atomic mass is 16.5. The fourth-order valence-corrected chi connectivity index (χ4v) is 1.80. The van der Waals surface area contributed by atoms with Gasteiger partial charge in [0.15, 0.2) is 0 Å². The van der Waals surface area contributed by atoms with Crippen molar-refractivity contribution in [2.75, 3.05) is 12.3 Å². The minimum absolute atomic E-state index is 0.241. The first-order valence-electron chi connectivity index (χ1n) is 6.11. The highest BCUT2D eigenvalue weighted by Crippen LogP contribution is 2.08. The van der Waals surface area contributed by atoms with E-state index >= 15 is 0 Å². The number of anilines is 1. The van der Waals surface area contributed by atoms with E-state index in [0.29, 0.717) is 18.7 Å². The lowest BCUT2D eigenvalue weighted by Crippen LogP contribution is -2.10. The van der Waals surface area contributed by atoms with Gasteiger partial charge in [-0.15, -0.1) is 0 Å². The Balaban J connectivity index is 1.76. The molecule has 0 saturated heterocycles. The number of aromatic nitrogens is 2. The number of nitrogens with zero attached hydrogens (tertiary/aromatic N) is 2. The molecule has 0 unspecified atom stereocenters. The van der Waals surface area contributed by atoms with Gasteiger partial charge in [-0.2, -0.15) is 5.10 Å². The molecule has 100 valence electrons. The molecular formula is C14H17N3O2. The number of nitrogens with two attached hydrogens (primary N) is 1. The van der Waals surface area contributed by atoms with Gasteiger partial charge in [-0.1, -0.05) is 12.1 Å². The van der Waals surface area contributed by atoms with Gasteiger partial charge in [0.2, 0.25) is 0 Å². The standard InChI is InChI=1S/C14H17N3O2/c1-17-10-12(9-16-17)5-6-19-14(18)8-11-3-2-4-13(15)7-11/h2-4,7,9-10H,5-6,8,15H2,1H3. The molecule has 1 aromatic carbocycles. The maximum absolute atomic E-state index is 11.6. The molecule has 19 heavy (non-hydrogen) atoms. The van der Waals surface area contributed by atoms with E-state index in [9.17, 15) is 4.79 Å². The molecule has 0 aliphatic carbocycles. The average Bonchev–Trinajstić information content (AvgIpc) is 2.75. The zero-order valence-corrected chi connectivity index (χ0v) is 10.9. The summed E-state index contributed by atoms with van der Waals surface area (Å²) in [7, 11) is 1.86. The Hall–Kier alpha value is -2.30. The van der Waals surface area contributed by atoms with Crippen LogP contribution in [-0.4, -0.2) is 22.4 Å². The molecule has 0 spiro atoms. The number of hydrogen-bond donors (Lipinski definition) is 1. The number of esters is 1. The van der Waals surface area contributed by atoms with E-state index in [1.54, 1.807) is 23.0 Å². The Kier molecular flexibility index (Phi) is 4.18. The fraction of sp³-hybridized carbons (Fsp3) is 0.286. The maximum Gasteiger partial charge on any atom is 0.310 e. The number of carbonyl (C=O) groups excluding carboxylic acids is 1. The number of aryl methyl sites for hydroxylation is 1. The lowest BCUT2D eigenvalue weighted by molar-refractivity contribution is -0.142. The van der Waals surface area contributed by atoms with Gasteiger partial charge >= 0.3 is 5.97 Å². The third kappa shape index (κ3) is 4.13. The van der Waals surface area contributed by atoms with E-state index < -0.39 is 0 Å². The quantitative estimate of drug-likeness (QED) is 0.649. The molecule has 1 heterocycles. The molecule has 1 aromatic heterocycles. The van der Waals surface area contributed by atoms with Crippen molar-refractivity contribution in [3.05, 3.63) is 47.8 Å². The SMILES string of the molecule is Cn1cc(CCOC(=O)Cc2cccc(N)c2)cn1. The summed E-state index contributed by atoms with van der Waals surface area (Å²) in [5, 5.41) is 4.05. The summed E-state index contributed by atoms with van der Waals surface area (Å²) < 4.78 is 6.91. The number of ether oxygens (including phenoxy) is 1. The molecule has 2 N–H and O–H groups in total. The lowest BCUT2D eigenvalue weighted by Gasteiger charge is -2.04.